The first-order valence-corrected chi connectivity index (χ1v) is 7.46. The van der Waals surface area contributed by atoms with Crippen LogP contribution >= 0.6 is 11.6 Å². The molecule has 1 aromatic carbocycles. The fraction of sp³-hybridized carbons (Fsp3) is 0.533. The molecule has 0 saturated carbocycles. The maximum atomic E-state index is 12.4. The number of hydrogen-bond acceptors (Lipinski definition) is 3. The number of aromatic hydroxyl groups is 1. The second-order valence-electron chi connectivity index (χ2n) is 5.68. The molecular formula is C15H19ClN2O2. The summed E-state index contributed by atoms with van der Waals surface area (Å²) in [5, 5.41) is 10.1. The zero-order valence-electron chi connectivity index (χ0n) is 11.6. The van der Waals surface area contributed by atoms with Gasteiger partial charge in [0.1, 0.15) is 5.75 Å². The molecule has 20 heavy (non-hydrogen) atoms. The molecule has 2 aliphatic heterocycles. The summed E-state index contributed by atoms with van der Waals surface area (Å²) >= 11 is 6.14. The SMILES string of the molecule is C[C@@H]1C(=O)N2CCC[C@@H]2CN1Cc1cccc(O)c1Cl. The Labute approximate surface area is 123 Å². The number of benzene rings is 1. The van der Waals surface area contributed by atoms with Crippen LogP contribution in [0.25, 0.3) is 0 Å². The summed E-state index contributed by atoms with van der Waals surface area (Å²) in [4.78, 5) is 16.5. The van der Waals surface area contributed by atoms with E-state index >= 15 is 0 Å². The van der Waals surface area contributed by atoms with Crippen molar-refractivity contribution < 1.29 is 9.90 Å². The highest BCUT2D eigenvalue weighted by Crippen LogP contribution is 2.31. The van der Waals surface area contributed by atoms with Crippen molar-refractivity contribution in [3.05, 3.63) is 28.8 Å². The van der Waals surface area contributed by atoms with Crippen molar-refractivity contribution in [2.75, 3.05) is 13.1 Å². The number of carbonyl (C=O) groups is 1. The fourth-order valence-corrected chi connectivity index (χ4v) is 3.44. The van der Waals surface area contributed by atoms with Crippen LogP contribution in [0.15, 0.2) is 18.2 Å². The van der Waals surface area contributed by atoms with Gasteiger partial charge in [-0.2, -0.15) is 0 Å². The second-order valence-corrected chi connectivity index (χ2v) is 6.06. The molecule has 0 bridgehead atoms. The van der Waals surface area contributed by atoms with Crippen LogP contribution in [-0.4, -0.2) is 46.0 Å². The number of carbonyl (C=O) groups excluding carboxylic acids is 1. The first-order chi connectivity index (χ1) is 9.58. The Morgan fingerprint density at radius 1 is 1.45 bits per heavy atom. The van der Waals surface area contributed by atoms with E-state index in [2.05, 4.69) is 4.90 Å². The minimum Gasteiger partial charge on any atom is -0.506 e. The van der Waals surface area contributed by atoms with Gasteiger partial charge < -0.3 is 10.0 Å². The van der Waals surface area contributed by atoms with Gasteiger partial charge in [0.25, 0.3) is 0 Å². The molecule has 2 atom stereocenters. The van der Waals surface area contributed by atoms with Crippen molar-refractivity contribution in [1.82, 2.24) is 9.80 Å². The second kappa shape index (κ2) is 5.26. The van der Waals surface area contributed by atoms with Crippen molar-refractivity contribution in [1.29, 1.82) is 0 Å². The Morgan fingerprint density at radius 2 is 2.25 bits per heavy atom. The van der Waals surface area contributed by atoms with Gasteiger partial charge in [0.05, 0.1) is 11.1 Å². The predicted molar refractivity (Wildman–Crippen MR) is 77.7 cm³/mol. The lowest BCUT2D eigenvalue weighted by molar-refractivity contribution is -0.143. The van der Waals surface area contributed by atoms with Gasteiger partial charge in [-0.05, 0) is 31.4 Å². The van der Waals surface area contributed by atoms with Gasteiger partial charge in [0.15, 0.2) is 0 Å². The quantitative estimate of drug-likeness (QED) is 0.910. The molecule has 0 spiro atoms. The van der Waals surface area contributed by atoms with Crippen LogP contribution in [0.5, 0.6) is 5.75 Å². The van der Waals surface area contributed by atoms with Crippen LogP contribution in [0.4, 0.5) is 0 Å². The molecule has 5 heteroatoms. The Kier molecular flexibility index (Phi) is 3.61. The van der Waals surface area contributed by atoms with Gasteiger partial charge in [0, 0.05) is 25.7 Å². The summed E-state index contributed by atoms with van der Waals surface area (Å²) in [6, 6.07) is 5.49. The molecular weight excluding hydrogens is 276 g/mol. The zero-order chi connectivity index (χ0) is 14.3. The fourth-order valence-electron chi connectivity index (χ4n) is 3.25. The molecule has 2 saturated heterocycles. The molecule has 2 heterocycles. The van der Waals surface area contributed by atoms with E-state index in [0.717, 1.165) is 31.5 Å². The molecule has 0 unspecified atom stereocenters. The van der Waals surface area contributed by atoms with Gasteiger partial charge in [-0.15, -0.1) is 0 Å². The number of hydrogen-bond donors (Lipinski definition) is 1. The molecule has 3 rings (SSSR count). The highest BCUT2D eigenvalue weighted by molar-refractivity contribution is 6.32. The van der Waals surface area contributed by atoms with Gasteiger partial charge in [-0.3, -0.25) is 9.69 Å². The summed E-state index contributed by atoms with van der Waals surface area (Å²) in [6.45, 7) is 4.34. The number of fused-ring (bicyclic) bond motifs is 1. The molecule has 0 aromatic heterocycles. The largest absolute Gasteiger partial charge is 0.506 e. The van der Waals surface area contributed by atoms with Gasteiger partial charge in [0.2, 0.25) is 5.91 Å². The lowest BCUT2D eigenvalue weighted by atomic mass is 10.1. The minimum absolute atomic E-state index is 0.0997. The molecule has 2 aliphatic rings. The predicted octanol–water partition coefficient (Wildman–Crippen LogP) is 2.24. The van der Waals surface area contributed by atoms with E-state index in [9.17, 15) is 9.90 Å². The maximum absolute atomic E-state index is 12.4. The molecule has 0 aliphatic carbocycles. The first kappa shape index (κ1) is 13.7. The molecule has 0 radical (unpaired) electrons. The van der Waals surface area contributed by atoms with Crippen molar-refractivity contribution in [3.8, 4) is 5.75 Å². The number of nitrogens with zero attached hydrogens (tertiary/aromatic N) is 2. The third-order valence-electron chi connectivity index (χ3n) is 4.44. The van der Waals surface area contributed by atoms with E-state index in [4.69, 9.17) is 11.6 Å². The van der Waals surface area contributed by atoms with Gasteiger partial charge in [-0.25, -0.2) is 0 Å². The summed E-state index contributed by atoms with van der Waals surface area (Å²) in [5.41, 5.74) is 0.873. The molecule has 108 valence electrons. The number of amides is 1. The molecule has 4 nitrogen and oxygen atoms in total. The van der Waals surface area contributed by atoms with Crippen molar-refractivity contribution in [3.63, 3.8) is 0 Å². The highest BCUT2D eigenvalue weighted by atomic mass is 35.5. The van der Waals surface area contributed by atoms with E-state index in [0.29, 0.717) is 17.6 Å². The van der Waals surface area contributed by atoms with Gasteiger partial charge in [-0.1, -0.05) is 23.7 Å². The van der Waals surface area contributed by atoms with E-state index in [1.165, 1.54) is 0 Å². The lowest BCUT2D eigenvalue weighted by Crippen LogP contribution is -2.58. The highest BCUT2D eigenvalue weighted by Gasteiger charge is 2.40. The van der Waals surface area contributed by atoms with Crippen LogP contribution in [0.3, 0.4) is 0 Å². The third kappa shape index (κ3) is 2.27. The van der Waals surface area contributed by atoms with Crippen molar-refractivity contribution in [2.45, 2.75) is 38.4 Å². The molecule has 1 amide bonds. The monoisotopic (exact) mass is 294 g/mol. The van der Waals surface area contributed by atoms with Gasteiger partial charge >= 0.3 is 0 Å². The van der Waals surface area contributed by atoms with Crippen molar-refractivity contribution in [2.24, 2.45) is 0 Å². The number of piperazine rings is 1. The number of phenols is 1. The summed E-state index contributed by atoms with van der Waals surface area (Å²) in [6.07, 6.45) is 2.19. The van der Waals surface area contributed by atoms with E-state index < -0.39 is 0 Å². The van der Waals surface area contributed by atoms with E-state index in [1.54, 1.807) is 12.1 Å². The standard InChI is InChI=1S/C15H19ClN2O2/c1-10-15(20)18-7-3-5-12(18)9-17(10)8-11-4-2-6-13(19)14(11)16/h2,4,6,10,12,19H,3,5,7-9H2,1H3/t10-,12-/m1/s1. The van der Waals surface area contributed by atoms with E-state index in [-0.39, 0.29) is 17.7 Å². The van der Waals surface area contributed by atoms with Crippen LogP contribution in [0.1, 0.15) is 25.3 Å². The Bertz CT molecular complexity index is 535. The Morgan fingerprint density at radius 3 is 3.05 bits per heavy atom. The average molecular weight is 295 g/mol. The van der Waals surface area contributed by atoms with Crippen LogP contribution < -0.4 is 0 Å². The topological polar surface area (TPSA) is 43.8 Å². The number of halogens is 1. The minimum atomic E-state index is -0.122. The Balaban J connectivity index is 1.80. The average Bonchev–Trinajstić information content (AvgIpc) is 2.89. The van der Waals surface area contributed by atoms with Crippen LogP contribution in [-0.2, 0) is 11.3 Å². The summed E-state index contributed by atoms with van der Waals surface area (Å²) in [5.74, 6) is 0.317. The Hall–Kier alpha value is -1.26. The van der Waals surface area contributed by atoms with Crippen LogP contribution in [0.2, 0.25) is 5.02 Å². The van der Waals surface area contributed by atoms with Crippen molar-refractivity contribution >= 4 is 17.5 Å². The number of rotatable bonds is 2. The molecule has 1 aromatic rings. The zero-order valence-corrected chi connectivity index (χ0v) is 12.3. The van der Waals surface area contributed by atoms with E-state index in [1.807, 2.05) is 17.9 Å². The number of phenolic OH excluding ortho intramolecular Hbond substituents is 1. The molecule has 1 N–H and O–H groups in total. The maximum Gasteiger partial charge on any atom is 0.239 e. The third-order valence-corrected chi connectivity index (χ3v) is 4.88. The first-order valence-electron chi connectivity index (χ1n) is 7.09. The smallest absolute Gasteiger partial charge is 0.239 e. The normalized spacial score (nSPS) is 26.9. The summed E-state index contributed by atoms with van der Waals surface area (Å²) in [7, 11) is 0. The van der Waals surface area contributed by atoms with Crippen LogP contribution in [0, 0.1) is 0 Å². The summed E-state index contributed by atoms with van der Waals surface area (Å²) < 4.78 is 0. The molecule has 2 fully saturated rings. The lowest BCUT2D eigenvalue weighted by Gasteiger charge is -2.41.